The summed E-state index contributed by atoms with van der Waals surface area (Å²) in [6.07, 6.45) is -0.476. The van der Waals surface area contributed by atoms with Crippen molar-refractivity contribution in [2.45, 2.75) is 83.4 Å². The van der Waals surface area contributed by atoms with Crippen LogP contribution < -0.4 is 10.6 Å². The molecule has 1 saturated carbocycles. The molecule has 10 nitrogen and oxygen atoms in total. The Morgan fingerprint density at radius 1 is 1.02 bits per heavy atom. The predicted molar refractivity (Wildman–Crippen MR) is 181 cm³/mol. The molecule has 1 aromatic heterocycles. The number of methoxy groups -OCH3 is 1. The molecule has 1 saturated heterocycles. The minimum Gasteiger partial charge on any atom is -0.469 e. The normalized spacial score (nSPS) is 21.6. The second kappa shape index (κ2) is 16.8. The maximum absolute atomic E-state index is 14.1. The van der Waals surface area contributed by atoms with Crippen molar-refractivity contribution < 1.29 is 40.7 Å². The molecule has 2 heterocycles. The third-order valence-electron chi connectivity index (χ3n) is 9.74. The molecule has 0 bridgehead atoms. The highest BCUT2D eigenvalue weighted by molar-refractivity contribution is 6.09. The topological polar surface area (TPSA) is 117 Å². The maximum atomic E-state index is 14.1. The van der Waals surface area contributed by atoms with Crippen LogP contribution in [-0.4, -0.2) is 83.9 Å². The van der Waals surface area contributed by atoms with Crippen LogP contribution in [0.15, 0.2) is 41.8 Å². The largest absolute Gasteiger partial charge is 0.469 e. The average Bonchev–Trinajstić information content (AvgIpc) is 3.55. The lowest BCUT2D eigenvalue weighted by Crippen LogP contribution is -2.48. The van der Waals surface area contributed by atoms with Crippen LogP contribution in [-0.2, 0) is 28.4 Å². The fourth-order valence-corrected chi connectivity index (χ4v) is 6.96. The van der Waals surface area contributed by atoms with Gasteiger partial charge < -0.3 is 25.2 Å². The van der Waals surface area contributed by atoms with Crippen LogP contribution in [0.25, 0.3) is 5.57 Å². The molecular formula is C35H45F6N7O3. The first-order chi connectivity index (χ1) is 24.1. The fourth-order valence-electron chi connectivity index (χ4n) is 6.96. The van der Waals surface area contributed by atoms with Gasteiger partial charge in [-0.25, -0.2) is 14.8 Å². The minimum atomic E-state index is -5.02. The third kappa shape index (κ3) is 9.70. The van der Waals surface area contributed by atoms with Crippen LogP contribution in [0, 0.1) is 11.8 Å². The number of ether oxygens (including phenoxy) is 1. The van der Waals surface area contributed by atoms with E-state index in [0.717, 1.165) is 12.8 Å². The Morgan fingerprint density at radius 2 is 1.63 bits per heavy atom. The first-order valence-electron chi connectivity index (χ1n) is 17.0. The molecule has 280 valence electrons. The lowest BCUT2D eigenvalue weighted by atomic mass is 9.82. The third-order valence-corrected chi connectivity index (χ3v) is 9.74. The van der Waals surface area contributed by atoms with Crippen molar-refractivity contribution in [3.05, 3.63) is 59.0 Å². The van der Waals surface area contributed by atoms with Crippen molar-refractivity contribution in [3.63, 3.8) is 0 Å². The van der Waals surface area contributed by atoms with Crippen LogP contribution >= 0.6 is 0 Å². The van der Waals surface area contributed by atoms with Crippen molar-refractivity contribution in [3.8, 4) is 0 Å². The standard InChI is InChI=1S/C35H45F6N7O3/c1-5-29-14-30(21-48(29)33(50)46(6-2)19-22-7-9-24(10-8-22)31(49)51-4)47(32-44-17-26(18-45-32)25(15-42)16-43-3)20-23-11-27(34(36,37)38)13-28(12-23)35(39,40)41/h11-13,15-18,22,24,29-30H,5-10,14,19-21,42H2,1-4H3/t22?,24?,29-,30+/m1/s1. The van der Waals surface area contributed by atoms with Crippen LogP contribution in [0.4, 0.5) is 37.1 Å². The monoisotopic (exact) mass is 725 g/mol. The number of alkyl halides is 6. The molecule has 2 aliphatic rings. The molecule has 1 aromatic carbocycles. The zero-order valence-corrected chi connectivity index (χ0v) is 29.2. The molecule has 16 heteroatoms. The number of aromatic nitrogens is 2. The first-order valence-corrected chi connectivity index (χ1v) is 17.0. The van der Waals surface area contributed by atoms with E-state index in [1.54, 1.807) is 21.7 Å². The summed E-state index contributed by atoms with van der Waals surface area (Å²) in [6, 6.07) is 0.504. The number of nitrogens with zero attached hydrogens (tertiary/aromatic N) is 6. The van der Waals surface area contributed by atoms with Gasteiger partial charge in [0.15, 0.2) is 0 Å². The number of aliphatic imine (C=N–C) groups is 1. The van der Waals surface area contributed by atoms with Gasteiger partial charge in [-0.3, -0.25) is 9.79 Å². The second-order valence-corrected chi connectivity index (χ2v) is 13.0. The number of urea groups is 1. The Kier molecular flexibility index (Phi) is 13.0. The number of carbonyl (C=O) groups is 2. The van der Waals surface area contributed by atoms with Crippen LogP contribution in [0.2, 0.25) is 0 Å². The summed E-state index contributed by atoms with van der Waals surface area (Å²) in [5.41, 5.74) is 3.64. The number of nitrogens with two attached hydrogens (primary N) is 1. The van der Waals surface area contributed by atoms with E-state index in [0.29, 0.717) is 62.0 Å². The quantitative estimate of drug-likeness (QED) is 0.154. The summed E-state index contributed by atoms with van der Waals surface area (Å²) < 4.78 is 87.7. The molecule has 0 radical (unpaired) electrons. The molecule has 1 aliphatic heterocycles. The van der Waals surface area contributed by atoms with Crippen LogP contribution in [0.1, 0.15) is 74.6 Å². The van der Waals surface area contributed by atoms with Gasteiger partial charge in [-0.05, 0) is 75.1 Å². The van der Waals surface area contributed by atoms with Gasteiger partial charge in [-0.15, -0.1) is 0 Å². The van der Waals surface area contributed by atoms with E-state index < -0.39 is 29.5 Å². The van der Waals surface area contributed by atoms with E-state index in [1.807, 2.05) is 13.8 Å². The Balaban J connectivity index is 1.65. The molecule has 2 amide bonds. The van der Waals surface area contributed by atoms with Gasteiger partial charge in [0.05, 0.1) is 30.2 Å². The molecule has 1 aliphatic carbocycles. The van der Waals surface area contributed by atoms with Gasteiger partial charge in [0.25, 0.3) is 0 Å². The van der Waals surface area contributed by atoms with E-state index in [1.165, 1.54) is 31.9 Å². The minimum absolute atomic E-state index is 0.0680. The SMILES string of the molecule is CC[C@@H]1C[C@H](N(Cc2cc(C(F)(F)F)cc(C(F)(F)F)c2)c2ncc(C(C=NC)=CN)cn2)CN1C(=O)N(CC)CC1CCC(C(=O)OC)CC1. The summed E-state index contributed by atoms with van der Waals surface area (Å²) in [6.45, 7) is 4.50. The number of halogens is 6. The molecule has 51 heavy (non-hydrogen) atoms. The molecule has 2 fully saturated rings. The highest BCUT2D eigenvalue weighted by Gasteiger charge is 2.41. The lowest BCUT2D eigenvalue weighted by Gasteiger charge is -2.35. The van der Waals surface area contributed by atoms with E-state index in [9.17, 15) is 35.9 Å². The summed E-state index contributed by atoms with van der Waals surface area (Å²) >= 11 is 0. The molecule has 0 spiro atoms. The number of carbonyl (C=O) groups excluding carboxylic acids is 2. The van der Waals surface area contributed by atoms with Gasteiger partial charge in [-0.1, -0.05) is 6.92 Å². The number of hydrogen-bond acceptors (Lipinski definition) is 8. The Morgan fingerprint density at radius 3 is 2.12 bits per heavy atom. The number of esters is 1. The number of likely N-dealkylation sites (tertiary alicyclic amines) is 1. The van der Waals surface area contributed by atoms with Crippen molar-refractivity contribution in [2.24, 2.45) is 22.6 Å². The molecule has 2 atom stereocenters. The predicted octanol–water partition coefficient (Wildman–Crippen LogP) is 6.80. The maximum Gasteiger partial charge on any atom is 0.416 e. The lowest BCUT2D eigenvalue weighted by molar-refractivity contribution is -0.147. The molecular weight excluding hydrogens is 680 g/mol. The van der Waals surface area contributed by atoms with E-state index >= 15 is 0 Å². The van der Waals surface area contributed by atoms with Crippen LogP contribution in [0.3, 0.4) is 0 Å². The van der Waals surface area contributed by atoms with Gasteiger partial charge in [0.2, 0.25) is 5.95 Å². The van der Waals surface area contributed by atoms with Gasteiger partial charge in [-0.2, -0.15) is 26.3 Å². The van der Waals surface area contributed by atoms with Crippen molar-refractivity contribution in [1.29, 1.82) is 0 Å². The molecule has 2 N–H and O–H groups in total. The first kappa shape index (κ1) is 39.4. The second-order valence-electron chi connectivity index (χ2n) is 13.0. The average molecular weight is 726 g/mol. The summed E-state index contributed by atoms with van der Waals surface area (Å²) in [5, 5.41) is 0. The van der Waals surface area contributed by atoms with Crippen molar-refractivity contribution >= 4 is 29.7 Å². The van der Waals surface area contributed by atoms with E-state index in [4.69, 9.17) is 10.5 Å². The van der Waals surface area contributed by atoms with Gasteiger partial charge in [0, 0.05) is 75.2 Å². The van der Waals surface area contributed by atoms with Gasteiger partial charge in [0.1, 0.15) is 0 Å². The van der Waals surface area contributed by atoms with Crippen molar-refractivity contribution in [2.75, 3.05) is 38.7 Å². The van der Waals surface area contributed by atoms with Gasteiger partial charge >= 0.3 is 24.4 Å². The zero-order chi connectivity index (χ0) is 37.5. The van der Waals surface area contributed by atoms with E-state index in [-0.39, 0.29) is 60.5 Å². The fraction of sp³-hybridized carbons (Fsp3) is 0.571. The number of amides is 2. The summed E-state index contributed by atoms with van der Waals surface area (Å²) in [4.78, 5) is 44.0. The smallest absolute Gasteiger partial charge is 0.416 e. The van der Waals surface area contributed by atoms with Crippen molar-refractivity contribution in [1.82, 2.24) is 19.8 Å². The Labute approximate surface area is 293 Å². The summed E-state index contributed by atoms with van der Waals surface area (Å²) in [5.74, 6) is -0.103. The number of anilines is 1. The zero-order valence-electron chi connectivity index (χ0n) is 29.2. The molecule has 4 rings (SSSR count). The Hall–Kier alpha value is -4.37. The highest BCUT2D eigenvalue weighted by Crippen LogP contribution is 2.38. The number of rotatable bonds is 11. The number of benzene rings is 1. The van der Waals surface area contributed by atoms with E-state index in [2.05, 4.69) is 15.0 Å². The molecule has 0 unspecified atom stereocenters. The highest BCUT2D eigenvalue weighted by atomic mass is 19.4. The number of allylic oxidation sites excluding steroid dienone is 1. The Bertz CT molecular complexity index is 1520. The number of hydrogen-bond donors (Lipinski definition) is 1. The summed E-state index contributed by atoms with van der Waals surface area (Å²) in [7, 11) is 2.93. The molecule has 2 aromatic rings. The van der Waals surface area contributed by atoms with Crippen LogP contribution in [0.5, 0.6) is 0 Å².